The van der Waals surface area contributed by atoms with Gasteiger partial charge < -0.3 is 10.2 Å². The van der Waals surface area contributed by atoms with E-state index in [2.05, 4.69) is 4.98 Å². The molecule has 1 aromatic carbocycles. The highest BCUT2D eigenvalue weighted by Gasteiger charge is 2.12. The third kappa shape index (κ3) is 1.99. The maximum absolute atomic E-state index is 12.0. The van der Waals surface area contributed by atoms with Gasteiger partial charge in [-0.3, -0.25) is 4.39 Å². The fourth-order valence-corrected chi connectivity index (χ4v) is 1.88. The highest BCUT2D eigenvalue weighted by atomic mass is 32.2. The van der Waals surface area contributed by atoms with Crippen LogP contribution in [0.4, 0.5) is 10.1 Å². The second kappa shape index (κ2) is 3.98. The predicted molar refractivity (Wildman–Crippen MR) is 55.7 cm³/mol. The van der Waals surface area contributed by atoms with E-state index in [1.807, 2.05) is 0 Å². The van der Waals surface area contributed by atoms with Crippen LogP contribution in [-0.4, -0.2) is 21.6 Å². The molecular formula is C9H9FN2O2S. The van der Waals surface area contributed by atoms with Gasteiger partial charge in [-0.2, -0.15) is 0 Å². The molecule has 0 aliphatic carbocycles. The van der Waals surface area contributed by atoms with Crippen LogP contribution in [-0.2, 0) is 10.8 Å². The van der Waals surface area contributed by atoms with Crippen LogP contribution in [0.1, 0.15) is 0 Å². The first kappa shape index (κ1) is 10.1. The molecule has 0 radical (unpaired) electrons. The molecule has 4 nitrogen and oxygen atoms in total. The third-order valence-electron chi connectivity index (χ3n) is 1.85. The molecule has 6 heteroatoms. The van der Waals surface area contributed by atoms with E-state index in [0.717, 1.165) is 0 Å². The second-order valence-corrected chi connectivity index (χ2v) is 4.39. The van der Waals surface area contributed by atoms with E-state index in [1.54, 1.807) is 18.2 Å². The number of hydrogen-bond acceptors (Lipinski definition) is 4. The summed E-state index contributed by atoms with van der Waals surface area (Å²) in [5.41, 5.74) is 7.15. The number of nitrogens with two attached hydrogens (primary N) is 1. The summed E-state index contributed by atoms with van der Waals surface area (Å²) in [5.74, 6) is -0.0949. The van der Waals surface area contributed by atoms with Crippen molar-refractivity contribution in [3.05, 3.63) is 18.2 Å². The van der Waals surface area contributed by atoms with Crippen LogP contribution in [0, 0.1) is 0 Å². The van der Waals surface area contributed by atoms with Crippen molar-refractivity contribution in [1.29, 1.82) is 0 Å². The number of halogens is 1. The van der Waals surface area contributed by atoms with Gasteiger partial charge in [0, 0.05) is 5.69 Å². The molecule has 0 fully saturated rings. The van der Waals surface area contributed by atoms with Gasteiger partial charge in [0.2, 0.25) is 0 Å². The molecule has 0 bridgehead atoms. The van der Waals surface area contributed by atoms with E-state index in [4.69, 9.17) is 10.2 Å². The van der Waals surface area contributed by atoms with Crippen molar-refractivity contribution in [1.82, 2.24) is 4.98 Å². The van der Waals surface area contributed by atoms with Crippen LogP contribution in [0.5, 0.6) is 0 Å². The zero-order chi connectivity index (χ0) is 10.8. The quantitative estimate of drug-likeness (QED) is 0.808. The zero-order valence-electron chi connectivity index (χ0n) is 7.77. The average Bonchev–Trinajstić information content (AvgIpc) is 2.60. The van der Waals surface area contributed by atoms with E-state index in [9.17, 15) is 8.60 Å². The van der Waals surface area contributed by atoms with Gasteiger partial charge in [-0.1, -0.05) is 0 Å². The van der Waals surface area contributed by atoms with E-state index < -0.39 is 17.5 Å². The Balaban J connectivity index is 2.42. The van der Waals surface area contributed by atoms with Gasteiger partial charge in [0.15, 0.2) is 5.58 Å². The van der Waals surface area contributed by atoms with E-state index in [-0.39, 0.29) is 11.0 Å². The lowest BCUT2D eigenvalue weighted by atomic mass is 10.3. The minimum absolute atomic E-state index is 0.0493. The lowest BCUT2D eigenvalue weighted by Gasteiger charge is -1.89. The maximum atomic E-state index is 12.0. The lowest BCUT2D eigenvalue weighted by molar-refractivity contribution is 0.472. The SMILES string of the molecule is Nc1ccc2oc(S(=O)CCF)nc2c1. The van der Waals surface area contributed by atoms with Crippen molar-refractivity contribution < 1.29 is 13.0 Å². The maximum Gasteiger partial charge on any atom is 0.288 e. The molecule has 2 aromatic rings. The Morgan fingerprint density at radius 1 is 1.53 bits per heavy atom. The average molecular weight is 228 g/mol. The van der Waals surface area contributed by atoms with Gasteiger partial charge in [-0.05, 0) is 18.2 Å². The van der Waals surface area contributed by atoms with Crippen molar-refractivity contribution in [3.63, 3.8) is 0 Å². The molecule has 0 amide bonds. The predicted octanol–water partition coefficient (Wildman–Crippen LogP) is 1.49. The van der Waals surface area contributed by atoms with Crippen molar-refractivity contribution >= 4 is 27.6 Å². The highest BCUT2D eigenvalue weighted by molar-refractivity contribution is 7.84. The summed E-state index contributed by atoms with van der Waals surface area (Å²) in [6.07, 6.45) is 0. The highest BCUT2D eigenvalue weighted by Crippen LogP contribution is 2.20. The number of hydrogen-bond donors (Lipinski definition) is 1. The van der Waals surface area contributed by atoms with Gasteiger partial charge in [-0.25, -0.2) is 9.19 Å². The van der Waals surface area contributed by atoms with Gasteiger partial charge in [0.05, 0.1) is 5.75 Å². The fraction of sp³-hybridized carbons (Fsp3) is 0.222. The van der Waals surface area contributed by atoms with Crippen LogP contribution in [0.15, 0.2) is 27.8 Å². The lowest BCUT2D eigenvalue weighted by Crippen LogP contribution is -1.99. The fourth-order valence-electron chi connectivity index (χ4n) is 1.18. The van der Waals surface area contributed by atoms with Crippen LogP contribution in [0.2, 0.25) is 0 Å². The molecule has 15 heavy (non-hydrogen) atoms. The summed E-state index contributed by atoms with van der Waals surface area (Å²) in [4.78, 5) is 3.98. The molecular weight excluding hydrogens is 219 g/mol. The Bertz CT molecular complexity index is 512. The summed E-state index contributed by atoms with van der Waals surface area (Å²) in [5, 5.41) is 0.0493. The molecule has 1 unspecified atom stereocenters. The third-order valence-corrected chi connectivity index (χ3v) is 2.94. The molecule has 1 atom stereocenters. The minimum atomic E-state index is -1.52. The summed E-state index contributed by atoms with van der Waals surface area (Å²) in [7, 11) is -1.52. The normalized spacial score (nSPS) is 13.1. The molecule has 1 aromatic heterocycles. The van der Waals surface area contributed by atoms with E-state index >= 15 is 0 Å². The Hall–Kier alpha value is -1.43. The first-order valence-corrected chi connectivity index (χ1v) is 5.63. The van der Waals surface area contributed by atoms with Crippen molar-refractivity contribution in [2.75, 3.05) is 18.2 Å². The van der Waals surface area contributed by atoms with Gasteiger partial charge in [0.25, 0.3) is 5.22 Å². The van der Waals surface area contributed by atoms with Crippen molar-refractivity contribution in [3.8, 4) is 0 Å². The summed E-state index contributed by atoms with van der Waals surface area (Å²) < 4.78 is 28.6. The van der Waals surface area contributed by atoms with Crippen LogP contribution >= 0.6 is 0 Å². The number of alkyl halides is 1. The molecule has 0 spiro atoms. The van der Waals surface area contributed by atoms with E-state index in [0.29, 0.717) is 16.8 Å². The number of rotatable bonds is 3. The minimum Gasteiger partial charge on any atom is -0.430 e. The second-order valence-electron chi connectivity index (χ2n) is 2.95. The number of nitrogens with zero attached hydrogens (tertiary/aromatic N) is 1. The molecule has 0 aliphatic heterocycles. The van der Waals surface area contributed by atoms with Crippen LogP contribution < -0.4 is 5.73 Å². The zero-order valence-corrected chi connectivity index (χ0v) is 8.59. The Labute approximate surface area is 87.7 Å². The number of aromatic nitrogens is 1. The molecule has 0 aliphatic rings. The number of nitrogen functional groups attached to an aromatic ring is 1. The number of anilines is 1. The number of fused-ring (bicyclic) bond motifs is 1. The number of oxazole rings is 1. The molecule has 80 valence electrons. The summed E-state index contributed by atoms with van der Waals surface area (Å²) in [6.45, 7) is -0.659. The topological polar surface area (TPSA) is 69.1 Å². The summed E-state index contributed by atoms with van der Waals surface area (Å²) >= 11 is 0. The smallest absolute Gasteiger partial charge is 0.288 e. The molecule has 1 heterocycles. The molecule has 2 N–H and O–H groups in total. The largest absolute Gasteiger partial charge is 0.430 e. The molecule has 0 saturated carbocycles. The molecule has 0 saturated heterocycles. The first-order chi connectivity index (χ1) is 7.20. The monoisotopic (exact) mass is 228 g/mol. The van der Waals surface area contributed by atoms with Crippen molar-refractivity contribution in [2.45, 2.75) is 5.22 Å². The summed E-state index contributed by atoms with van der Waals surface area (Å²) in [6, 6.07) is 4.93. The standard InChI is InChI=1S/C9H9FN2O2S/c10-3-4-15(13)9-12-7-5-6(11)1-2-8(7)14-9/h1-2,5H,3-4,11H2. The van der Waals surface area contributed by atoms with Gasteiger partial charge in [-0.15, -0.1) is 0 Å². The van der Waals surface area contributed by atoms with Crippen LogP contribution in [0.25, 0.3) is 11.1 Å². The van der Waals surface area contributed by atoms with Gasteiger partial charge >= 0.3 is 0 Å². The van der Waals surface area contributed by atoms with Crippen molar-refractivity contribution in [2.24, 2.45) is 0 Å². The first-order valence-electron chi connectivity index (χ1n) is 4.31. The Morgan fingerprint density at radius 3 is 3.07 bits per heavy atom. The van der Waals surface area contributed by atoms with Crippen LogP contribution in [0.3, 0.4) is 0 Å². The molecule has 2 rings (SSSR count). The Kier molecular flexibility index (Phi) is 2.68. The van der Waals surface area contributed by atoms with Gasteiger partial charge in [0.1, 0.15) is 23.0 Å². The van der Waals surface area contributed by atoms with E-state index in [1.165, 1.54) is 0 Å². The Morgan fingerprint density at radius 2 is 2.33 bits per heavy atom. The number of benzene rings is 1.